The number of aldehydes is 1. The summed E-state index contributed by atoms with van der Waals surface area (Å²) in [6.45, 7) is 2.11. The SMILES string of the molecule is CCCc1cc2ccc(C=O)nc2c(OC)c1OC. The lowest BCUT2D eigenvalue weighted by atomic mass is 10.0. The Labute approximate surface area is 112 Å². The first kappa shape index (κ1) is 13.3. The van der Waals surface area contributed by atoms with E-state index < -0.39 is 0 Å². The van der Waals surface area contributed by atoms with E-state index in [9.17, 15) is 4.79 Å². The summed E-state index contributed by atoms with van der Waals surface area (Å²) >= 11 is 0. The number of hydrogen-bond donors (Lipinski definition) is 0. The second kappa shape index (κ2) is 5.69. The highest BCUT2D eigenvalue weighted by Gasteiger charge is 2.16. The van der Waals surface area contributed by atoms with Gasteiger partial charge in [0.15, 0.2) is 17.8 Å². The third-order valence-electron chi connectivity index (χ3n) is 3.04. The molecule has 0 N–H and O–H groups in total. The van der Waals surface area contributed by atoms with Gasteiger partial charge in [-0.1, -0.05) is 19.4 Å². The van der Waals surface area contributed by atoms with Gasteiger partial charge in [0.2, 0.25) is 0 Å². The number of methoxy groups -OCH3 is 2. The molecule has 0 unspecified atom stereocenters. The van der Waals surface area contributed by atoms with Crippen LogP contribution in [0.3, 0.4) is 0 Å². The molecule has 0 aliphatic rings. The van der Waals surface area contributed by atoms with Gasteiger partial charge in [-0.3, -0.25) is 4.79 Å². The topological polar surface area (TPSA) is 48.4 Å². The molecular formula is C15H17NO3. The van der Waals surface area contributed by atoms with Crippen molar-refractivity contribution in [2.24, 2.45) is 0 Å². The minimum atomic E-state index is 0.385. The zero-order chi connectivity index (χ0) is 13.8. The Morgan fingerprint density at radius 2 is 1.95 bits per heavy atom. The van der Waals surface area contributed by atoms with Crippen molar-refractivity contribution in [3.8, 4) is 11.5 Å². The molecule has 0 atom stereocenters. The number of ether oxygens (including phenoxy) is 2. The highest BCUT2D eigenvalue weighted by atomic mass is 16.5. The summed E-state index contributed by atoms with van der Waals surface area (Å²) in [6, 6.07) is 5.63. The number of benzene rings is 1. The van der Waals surface area contributed by atoms with Gasteiger partial charge in [0.1, 0.15) is 11.2 Å². The van der Waals surface area contributed by atoms with E-state index in [1.807, 2.05) is 12.1 Å². The number of pyridine rings is 1. The average molecular weight is 259 g/mol. The van der Waals surface area contributed by atoms with Gasteiger partial charge in [0.05, 0.1) is 14.2 Å². The summed E-state index contributed by atoms with van der Waals surface area (Å²) in [5.74, 6) is 1.29. The van der Waals surface area contributed by atoms with Gasteiger partial charge in [0.25, 0.3) is 0 Å². The number of aromatic nitrogens is 1. The van der Waals surface area contributed by atoms with Crippen LogP contribution in [0.15, 0.2) is 18.2 Å². The van der Waals surface area contributed by atoms with Crippen molar-refractivity contribution in [1.82, 2.24) is 4.98 Å². The fourth-order valence-electron chi connectivity index (χ4n) is 2.22. The second-order valence-corrected chi connectivity index (χ2v) is 4.28. The van der Waals surface area contributed by atoms with E-state index in [0.717, 1.165) is 30.1 Å². The first-order valence-electron chi connectivity index (χ1n) is 6.25. The molecule has 0 fully saturated rings. The van der Waals surface area contributed by atoms with Crippen molar-refractivity contribution in [2.75, 3.05) is 14.2 Å². The van der Waals surface area contributed by atoms with E-state index in [-0.39, 0.29) is 0 Å². The van der Waals surface area contributed by atoms with Crippen LogP contribution in [0.2, 0.25) is 0 Å². The second-order valence-electron chi connectivity index (χ2n) is 4.28. The first-order valence-corrected chi connectivity index (χ1v) is 6.25. The third-order valence-corrected chi connectivity index (χ3v) is 3.04. The lowest BCUT2D eigenvalue weighted by Crippen LogP contribution is -1.99. The van der Waals surface area contributed by atoms with Crippen molar-refractivity contribution < 1.29 is 14.3 Å². The Morgan fingerprint density at radius 3 is 2.53 bits per heavy atom. The number of fused-ring (bicyclic) bond motifs is 1. The van der Waals surface area contributed by atoms with Gasteiger partial charge in [-0.25, -0.2) is 4.98 Å². The van der Waals surface area contributed by atoms with E-state index in [1.165, 1.54) is 0 Å². The molecule has 100 valence electrons. The van der Waals surface area contributed by atoms with Crippen molar-refractivity contribution >= 4 is 17.2 Å². The van der Waals surface area contributed by atoms with E-state index in [2.05, 4.69) is 11.9 Å². The zero-order valence-electron chi connectivity index (χ0n) is 11.4. The Hall–Kier alpha value is -2.10. The van der Waals surface area contributed by atoms with Gasteiger partial charge < -0.3 is 9.47 Å². The van der Waals surface area contributed by atoms with Crippen LogP contribution in [-0.4, -0.2) is 25.5 Å². The summed E-state index contributed by atoms with van der Waals surface area (Å²) in [4.78, 5) is 15.1. The molecule has 2 rings (SSSR count). The number of rotatable bonds is 5. The van der Waals surface area contributed by atoms with Crippen LogP contribution in [0.5, 0.6) is 11.5 Å². The van der Waals surface area contributed by atoms with Crippen molar-refractivity contribution in [3.63, 3.8) is 0 Å². The Balaban J connectivity index is 2.77. The maximum atomic E-state index is 10.8. The van der Waals surface area contributed by atoms with E-state index in [4.69, 9.17) is 9.47 Å². The minimum Gasteiger partial charge on any atom is -0.492 e. The predicted molar refractivity (Wildman–Crippen MR) is 74.2 cm³/mol. The minimum absolute atomic E-state index is 0.385. The Bertz CT molecular complexity index is 608. The van der Waals surface area contributed by atoms with Gasteiger partial charge >= 0.3 is 0 Å². The molecular weight excluding hydrogens is 242 g/mol. The molecule has 0 aliphatic heterocycles. The molecule has 0 radical (unpaired) electrons. The molecule has 0 spiro atoms. The summed E-state index contributed by atoms with van der Waals surface area (Å²) in [5.41, 5.74) is 2.13. The number of nitrogens with zero attached hydrogens (tertiary/aromatic N) is 1. The van der Waals surface area contributed by atoms with Crippen molar-refractivity contribution in [1.29, 1.82) is 0 Å². The average Bonchev–Trinajstić information content (AvgIpc) is 2.45. The standard InChI is InChI=1S/C15H17NO3/c1-4-5-11-8-10-6-7-12(9-17)16-13(10)15(19-3)14(11)18-2/h6-9H,4-5H2,1-3H3. The largest absolute Gasteiger partial charge is 0.492 e. The molecule has 4 heteroatoms. The molecule has 1 aromatic carbocycles. The number of aryl methyl sites for hydroxylation is 1. The molecule has 0 saturated carbocycles. The lowest BCUT2D eigenvalue weighted by molar-refractivity contribution is 0.111. The number of hydrogen-bond acceptors (Lipinski definition) is 4. The van der Waals surface area contributed by atoms with Gasteiger partial charge in [0, 0.05) is 5.39 Å². The Kier molecular flexibility index (Phi) is 4.00. The normalized spacial score (nSPS) is 10.5. The monoisotopic (exact) mass is 259 g/mol. The molecule has 0 saturated heterocycles. The van der Waals surface area contributed by atoms with Gasteiger partial charge in [-0.15, -0.1) is 0 Å². The van der Waals surface area contributed by atoms with Crippen molar-refractivity contribution in [3.05, 3.63) is 29.5 Å². The molecule has 1 aromatic heterocycles. The maximum absolute atomic E-state index is 10.8. The van der Waals surface area contributed by atoms with Crippen molar-refractivity contribution in [2.45, 2.75) is 19.8 Å². The van der Waals surface area contributed by atoms with E-state index in [1.54, 1.807) is 20.3 Å². The third kappa shape index (κ3) is 2.38. The molecule has 4 nitrogen and oxygen atoms in total. The smallest absolute Gasteiger partial charge is 0.187 e. The van der Waals surface area contributed by atoms with E-state index in [0.29, 0.717) is 22.7 Å². The first-order chi connectivity index (χ1) is 9.24. The highest BCUT2D eigenvalue weighted by Crippen LogP contribution is 2.38. The molecule has 0 amide bonds. The lowest BCUT2D eigenvalue weighted by Gasteiger charge is -2.15. The molecule has 19 heavy (non-hydrogen) atoms. The molecule has 1 heterocycles. The zero-order valence-corrected chi connectivity index (χ0v) is 11.4. The fourth-order valence-corrected chi connectivity index (χ4v) is 2.22. The quantitative estimate of drug-likeness (QED) is 0.774. The van der Waals surface area contributed by atoms with E-state index >= 15 is 0 Å². The fraction of sp³-hybridized carbons (Fsp3) is 0.333. The highest BCUT2D eigenvalue weighted by molar-refractivity contribution is 5.91. The van der Waals surface area contributed by atoms with Crippen LogP contribution >= 0.6 is 0 Å². The van der Waals surface area contributed by atoms with Gasteiger partial charge in [-0.2, -0.15) is 0 Å². The van der Waals surface area contributed by atoms with Crippen LogP contribution in [0.1, 0.15) is 29.4 Å². The maximum Gasteiger partial charge on any atom is 0.187 e. The summed E-state index contributed by atoms with van der Waals surface area (Å²) in [7, 11) is 3.20. The summed E-state index contributed by atoms with van der Waals surface area (Å²) < 4.78 is 10.9. The predicted octanol–water partition coefficient (Wildman–Crippen LogP) is 3.02. The van der Waals surface area contributed by atoms with Crippen LogP contribution < -0.4 is 9.47 Å². The summed E-state index contributed by atoms with van der Waals surface area (Å²) in [5, 5.41) is 0.951. The van der Waals surface area contributed by atoms with Crippen LogP contribution in [0.4, 0.5) is 0 Å². The molecule has 2 aromatic rings. The van der Waals surface area contributed by atoms with Crippen LogP contribution in [0, 0.1) is 0 Å². The molecule has 0 bridgehead atoms. The summed E-state index contributed by atoms with van der Waals surface area (Å²) in [6.07, 6.45) is 2.65. The number of carbonyl (C=O) groups excluding carboxylic acids is 1. The van der Waals surface area contributed by atoms with Crippen LogP contribution in [-0.2, 0) is 6.42 Å². The number of carbonyl (C=O) groups is 1. The van der Waals surface area contributed by atoms with Crippen LogP contribution in [0.25, 0.3) is 10.9 Å². The molecule has 0 aliphatic carbocycles. The Morgan fingerprint density at radius 1 is 1.21 bits per heavy atom. The van der Waals surface area contributed by atoms with Gasteiger partial charge in [-0.05, 0) is 24.1 Å².